The number of aliphatic hydroxyl groups is 1. The molecule has 1 aliphatic rings. The van der Waals surface area contributed by atoms with Gasteiger partial charge in [-0.25, -0.2) is 0 Å². The number of amides is 1. The molecule has 0 radical (unpaired) electrons. The Morgan fingerprint density at radius 3 is 2.74 bits per heavy atom. The van der Waals surface area contributed by atoms with Crippen LogP contribution in [0.3, 0.4) is 0 Å². The van der Waals surface area contributed by atoms with Gasteiger partial charge in [0.2, 0.25) is 5.91 Å². The van der Waals surface area contributed by atoms with Crippen LogP contribution < -0.4 is 0 Å². The Balaban J connectivity index is 2.04. The zero-order valence-electron chi connectivity index (χ0n) is 11.6. The second-order valence-corrected chi connectivity index (χ2v) is 5.26. The molecule has 0 saturated carbocycles. The van der Waals surface area contributed by atoms with Crippen LogP contribution in [0.1, 0.15) is 30.9 Å². The fourth-order valence-corrected chi connectivity index (χ4v) is 2.89. The Morgan fingerprint density at radius 1 is 1.32 bits per heavy atom. The molecule has 0 aromatic heterocycles. The molecule has 3 heteroatoms. The highest BCUT2D eigenvalue weighted by Crippen LogP contribution is 2.26. The molecule has 1 aromatic carbocycles. The van der Waals surface area contributed by atoms with E-state index in [4.69, 9.17) is 5.11 Å². The average molecular weight is 261 g/mol. The lowest BCUT2D eigenvalue weighted by atomic mass is 9.83. The first-order valence-corrected chi connectivity index (χ1v) is 7.22. The number of aliphatic hydroxyl groups excluding tert-OH is 1. The lowest BCUT2D eigenvalue weighted by Crippen LogP contribution is -2.40. The Labute approximate surface area is 115 Å². The minimum atomic E-state index is 0.0506. The van der Waals surface area contributed by atoms with Gasteiger partial charge in [0.05, 0.1) is 6.61 Å². The van der Waals surface area contributed by atoms with E-state index < -0.39 is 0 Å². The van der Waals surface area contributed by atoms with Crippen LogP contribution in [-0.2, 0) is 17.6 Å². The number of aryl methyl sites for hydroxylation is 1. The number of carbonyl (C=O) groups is 1. The summed E-state index contributed by atoms with van der Waals surface area (Å²) in [6.07, 6.45) is 3.71. The number of carbonyl (C=O) groups excluding carboxylic acids is 1. The molecule has 1 atom stereocenters. The summed E-state index contributed by atoms with van der Waals surface area (Å²) >= 11 is 0. The monoisotopic (exact) mass is 261 g/mol. The van der Waals surface area contributed by atoms with Crippen molar-refractivity contribution < 1.29 is 9.90 Å². The maximum atomic E-state index is 12.5. The standard InChI is InChI=1S/C16H23NO2/c1-2-9-17(10-11-18)16(19)15-8-7-13-5-3-4-6-14(13)12-15/h3-6,15,18H,2,7-12H2,1H3. The van der Waals surface area contributed by atoms with Gasteiger partial charge in [-0.3, -0.25) is 4.79 Å². The highest BCUT2D eigenvalue weighted by atomic mass is 16.3. The molecule has 0 bridgehead atoms. The van der Waals surface area contributed by atoms with Crippen LogP contribution in [0.5, 0.6) is 0 Å². The predicted molar refractivity (Wildman–Crippen MR) is 75.9 cm³/mol. The maximum Gasteiger partial charge on any atom is 0.226 e. The molecule has 0 heterocycles. The van der Waals surface area contributed by atoms with Crippen molar-refractivity contribution in [2.45, 2.75) is 32.6 Å². The molecule has 1 aromatic rings. The molecular formula is C16H23NO2. The van der Waals surface area contributed by atoms with Gasteiger partial charge in [-0.1, -0.05) is 31.2 Å². The summed E-state index contributed by atoms with van der Waals surface area (Å²) in [4.78, 5) is 14.3. The minimum Gasteiger partial charge on any atom is -0.395 e. The van der Waals surface area contributed by atoms with Gasteiger partial charge in [0.25, 0.3) is 0 Å². The van der Waals surface area contributed by atoms with Crippen LogP contribution in [0.25, 0.3) is 0 Å². The largest absolute Gasteiger partial charge is 0.395 e. The SMILES string of the molecule is CCCN(CCO)C(=O)C1CCc2ccccc2C1. The van der Waals surface area contributed by atoms with E-state index in [0.717, 1.165) is 32.2 Å². The van der Waals surface area contributed by atoms with Crippen LogP contribution in [0.4, 0.5) is 0 Å². The molecule has 2 rings (SSSR count). The number of nitrogens with zero attached hydrogens (tertiary/aromatic N) is 1. The minimum absolute atomic E-state index is 0.0506. The summed E-state index contributed by atoms with van der Waals surface area (Å²) in [7, 11) is 0. The topological polar surface area (TPSA) is 40.5 Å². The zero-order chi connectivity index (χ0) is 13.7. The van der Waals surface area contributed by atoms with Crippen molar-refractivity contribution in [1.29, 1.82) is 0 Å². The first-order valence-electron chi connectivity index (χ1n) is 7.22. The fourth-order valence-electron chi connectivity index (χ4n) is 2.89. The van der Waals surface area contributed by atoms with Gasteiger partial charge in [0.1, 0.15) is 0 Å². The van der Waals surface area contributed by atoms with E-state index in [1.165, 1.54) is 11.1 Å². The number of benzene rings is 1. The normalized spacial score (nSPS) is 17.9. The van der Waals surface area contributed by atoms with Gasteiger partial charge in [-0.2, -0.15) is 0 Å². The molecule has 1 aliphatic carbocycles. The second-order valence-electron chi connectivity index (χ2n) is 5.26. The molecule has 0 aliphatic heterocycles. The molecular weight excluding hydrogens is 238 g/mol. The van der Waals surface area contributed by atoms with Gasteiger partial charge >= 0.3 is 0 Å². The summed E-state index contributed by atoms with van der Waals surface area (Å²) in [6, 6.07) is 8.40. The Kier molecular flexibility index (Phi) is 4.97. The molecule has 1 amide bonds. The first-order chi connectivity index (χ1) is 9.26. The highest BCUT2D eigenvalue weighted by molar-refractivity contribution is 5.79. The van der Waals surface area contributed by atoms with E-state index in [1.54, 1.807) is 0 Å². The van der Waals surface area contributed by atoms with E-state index in [-0.39, 0.29) is 18.4 Å². The Hall–Kier alpha value is -1.35. The molecule has 0 fully saturated rings. The van der Waals surface area contributed by atoms with Crippen molar-refractivity contribution in [2.24, 2.45) is 5.92 Å². The van der Waals surface area contributed by atoms with E-state index in [1.807, 2.05) is 11.0 Å². The van der Waals surface area contributed by atoms with Crippen molar-refractivity contribution in [1.82, 2.24) is 4.90 Å². The van der Waals surface area contributed by atoms with Crippen LogP contribution in [0.2, 0.25) is 0 Å². The van der Waals surface area contributed by atoms with Crippen molar-refractivity contribution in [3.05, 3.63) is 35.4 Å². The summed E-state index contributed by atoms with van der Waals surface area (Å²) in [5.74, 6) is 0.304. The van der Waals surface area contributed by atoms with Gasteiger partial charge in [0.15, 0.2) is 0 Å². The third kappa shape index (κ3) is 3.35. The Morgan fingerprint density at radius 2 is 2.05 bits per heavy atom. The quantitative estimate of drug-likeness (QED) is 0.881. The smallest absolute Gasteiger partial charge is 0.226 e. The van der Waals surface area contributed by atoms with E-state index in [9.17, 15) is 4.79 Å². The third-order valence-corrected chi connectivity index (χ3v) is 3.87. The zero-order valence-corrected chi connectivity index (χ0v) is 11.6. The van der Waals surface area contributed by atoms with Crippen molar-refractivity contribution in [3.8, 4) is 0 Å². The molecule has 0 saturated heterocycles. The van der Waals surface area contributed by atoms with Gasteiger partial charge in [-0.05, 0) is 36.8 Å². The lowest BCUT2D eigenvalue weighted by Gasteiger charge is -2.29. The second kappa shape index (κ2) is 6.71. The number of fused-ring (bicyclic) bond motifs is 1. The van der Waals surface area contributed by atoms with E-state index in [2.05, 4.69) is 25.1 Å². The van der Waals surface area contributed by atoms with E-state index in [0.29, 0.717) is 6.54 Å². The van der Waals surface area contributed by atoms with Crippen molar-refractivity contribution in [3.63, 3.8) is 0 Å². The molecule has 104 valence electrons. The van der Waals surface area contributed by atoms with Crippen LogP contribution in [-0.4, -0.2) is 35.6 Å². The number of hydrogen-bond donors (Lipinski definition) is 1. The number of hydrogen-bond acceptors (Lipinski definition) is 2. The molecule has 0 spiro atoms. The fraction of sp³-hybridized carbons (Fsp3) is 0.562. The van der Waals surface area contributed by atoms with Gasteiger partial charge in [0, 0.05) is 19.0 Å². The first kappa shape index (κ1) is 14.1. The van der Waals surface area contributed by atoms with Crippen molar-refractivity contribution >= 4 is 5.91 Å². The summed E-state index contributed by atoms with van der Waals surface area (Å²) in [5.41, 5.74) is 2.70. The molecule has 19 heavy (non-hydrogen) atoms. The third-order valence-electron chi connectivity index (χ3n) is 3.87. The van der Waals surface area contributed by atoms with Crippen LogP contribution >= 0.6 is 0 Å². The lowest BCUT2D eigenvalue weighted by molar-refractivity contribution is -0.136. The Bertz CT molecular complexity index is 425. The van der Waals surface area contributed by atoms with Gasteiger partial charge in [-0.15, -0.1) is 0 Å². The summed E-state index contributed by atoms with van der Waals surface area (Å²) in [6.45, 7) is 3.32. The van der Waals surface area contributed by atoms with E-state index >= 15 is 0 Å². The number of rotatable bonds is 5. The maximum absolute atomic E-state index is 12.5. The summed E-state index contributed by atoms with van der Waals surface area (Å²) in [5, 5.41) is 9.07. The molecule has 1 N–H and O–H groups in total. The predicted octanol–water partition coefficient (Wildman–Crippen LogP) is 2.02. The summed E-state index contributed by atoms with van der Waals surface area (Å²) < 4.78 is 0. The molecule has 3 nitrogen and oxygen atoms in total. The highest BCUT2D eigenvalue weighted by Gasteiger charge is 2.27. The van der Waals surface area contributed by atoms with Crippen LogP contribution in [0.15, 0.2) is 24.3 Å². The van der Waals surface area contributed by atoms with Crippen molar-refractivity contribution in [2.75, 3.05) is 19.7 Å². The average Bonchev–Trinajstić information content (AvgIpc) is 2.46. The molecule has 1 unspecified atom stereocenters. The van der Waals surface area contributed by atoms with Crippen LogP contribution in [0, 0.1) is 5.92 Å². The van der Waals surface area contributed by atoms with Gasteiger partial charge < -0.3 is 10.0 Å².